The molecule has 3 N–H and O–H groups in total. The van der Waals surface area contributed by atoms with Gasteiger partial charge in [-0.25, -0.2) is 0 Å². The molecule has 19 heavy (non-hydrogen) atoms. The molecule has 106 valence electrons. The lowest BCUT2D eigenvalue weighted by Gasteiger charge is -2.45. The standard InChI is InChI=1S/C15H22BrClN2/c1-14(2)6-3-7-15(9-14,10-18)19-11-4-5-13(17)12(16)8-11/h4-5,8,19H,3,6-7,9-10,18H2,1-2H3. The molecule has 1 atom stereocenters. The topological polar surface area (TPSA) is 38.0 Å². The summed E-state index contributed by atoms with van der Waals surface area (Å²) in [4.78, 5) is 0. The van der Waals surface area contributed by atoms with Crippen molar-refractivity contribution in [1.29, 1.82) is 0 Å². The van der Waals surface area contributed by atoms with Crippen LogP contribution in [-0.2, 0) is 0 Å². The van der Waals surface area contributed by atoms with E-state index in [0.717, 1.165) is 28.0 Å². The Morgan fingerprint density at radius 2 is 2.11 bits per heavy atom. The Labute approximate surface area is 129 Å². The van der Waals surface area contributed by atoms with Gasteiger partial charge in [-0.2, -0.15) is 0 Å². The summed E-state index contributed by atoms with van der Waals surface area (Å²) < 4.78 is 0.918. The zero-order valence-electron chi connectivity index (χ0n) is 11.6. The normalized spacial score (nSPS) is 26.2. The van der Waals surface area contributed by atoms with E-state index < -0.39 is 0 Å². The van der Waals surface area contributed by atoms with Crippen LogP contribution in [0.3, 0.4) is 0 Å². The lowest BCUT2D eigenvalue weighted by molar-refractivity contribution is 0.170. The predicted molar refractivity (Wildman–Crippen MR) is 86.8 cm³/mol. The van der Waals surface area contributed by atoms with Gasteiger partial charge < -0.3 is 11.1 Å². The molecule has 2 nitrogen and oxygen atoms in total. The molecule has 0 heterocycles. The van der Waals surface area contributed by atoms with E-state index in [2.05, 4.69) is 35.1 Å². The molecule has 1 fully saturated rings. The van der Waals surface area contributed by atoms with Crippen molar-refractivity contribution in [2.75, 3.05) is 11.9 Å². The van der Waals surface area contributed by atoms with Crippen molar-refractivity contribution in [2.45, 2.75) is 45.1 Å². The maximum Gasteiger partial charge on any atom is 0.0549 e. The Morgan fingerprint density at radius 3 is 2.68 bits per heavy atom. The van der Waals surface area contributed by atoms with Gasteiger partial charge in [0.25, 0.3) is 0 Å². The number of benzene rings is 1. The molecule has 2 rings (SSSR count). The summed E-state index contributed by atoms with van der Waals surface area (Å²) in [5, 5.41) is 4.39. The number of nitrogens with one attached hydrogen (secondary N) is 1. The van der Waals surface area contributed by atoms with E-state index in [0.29, 0.717) is 12.0 Å². The van der Waals surface area contributed by atoms with Crippen molar-refractivity contribution < 1.29 is 0 Å². The van der Waals surface area contributed by atoms with Crippen molar-refractivity contribution >= 4 is 33.2 Å². The lowest BCUT2D eigenvalue weighted by atomic mass is 9.68. The van der Waals surface area contributed by atoms with Crippen LogP contribution in [0.1, 0.15) is 39.5 Å². The molecule has 0 saturated heterocycles. The maximum atomic E-state index is 6.07. The third-order valence-corrected chi connectivity index (χ3v) is 5.26. The molecule has 0 amide bonds. The molecule has 0 aliphatic heterocycles. The number of halogens is 2. The van der Waals surface area contributed by atoms with E-state index in [-0.39, 0.29) is 5.54 Å². The van der Waals surface area contributed by atoms with Crippen LogP contribution in [0.25, 0.3) is 0 Å². The zero-order valence-corrected chi connectivity index (χ0v) is 13.9. The molecule has 1 aliphatic rings. The van der Waals surface area contributed by atoms with Crippen LogP contribution >= 0.6 is 27.5 Å². The maximum absolute atomic E-state index is 6.07. The minimum absolute atomic E-state index is 0.00895. The van der Waals surface area contributed by atoms with Gasteiger partial charge in [0.1, 0.15) is 0 Å². The molecule has 1 aliphatic carbocycles. The van der Waals surface area contributed by atoms with Gasteiger partial charge in [0.15, 0.2) is 0 Å². The fourth-order valence-corrected chi connectivity index (χ4v) is 3.71. The summed E-state index contributed by atoms with van der Waals surface area (Å²) in [6.45, 7) is 5.32. The number of anilines is 1. The summed E-state index contributed by atoms with van der Waals surface area (Å²) in [5.74, 6) is 0. The fourth-order valence-electron chi connectivity index (χ4n) is 3.21. The second-order valence-corrected chi connectivity index (χ2v) is 7.69. The Kier molecular flexibility index (Phi) is 4.49. The van der Waals surface area contributed by atoms with Crippen LogP contribution in [0, 0.1) is 5.41 Å². The second kappa shape index (κ2) is 5.63. The molecule has 4 heteroatoms. The monoisotopic (exact) mass is 344 g/mol. The third kappa shape index (κ3) is 3.65. The Balaban J connectivity index is 2.20. The summed E-state index contributed by atoms with van der Waals surface area (Å²) >= 11 is 9.51. The number of rotatable bonds is 3. The largest absolute Gasteiger partial charge is 0.378 e. The quantitative estimate of drug-likeness (QED) is 0.825. The van der Waals surface area contributed by atoms with Crippen molar-refractivity contribution in [3.63, 3.8) is 0 Å². The van der Waals surface area contributed by atoms with Gasteiger partial charge in [0.2, 0.25) is 0 Å². The highest BCUT2D eigenvalue weighted by molar-refractivity contribution is 9.10. The van der Waals surface area contributed by atoms with Crippen LogP contribution in [0.15, 0.2) is 22.7 Å². The average Bonchev–Trinajstić information content (AvgIpc) is 2.33. The Hall–Kier alpha value is -0.250. The van der Waals surface area contributed by atoms with E-state index in [1.165, 1.54) is 12.8 Å². The van der Waals surface area contributed by atoms with Gasteiger partial charge >= 0.3 is 0 Å². The van der Waals surface area contributed by atoms with Gasteiger partial charge in [-0.1, -0.05) is 31.9 Å². The van der Waals surface area contributed by atoms with Crippen LogP contribution in [0.4, 0.5) is 5.69 Å². The predicted octanol–water partition coefficient (Wildman–Crippen LogP) is 4.81. The highest BCUT2D eigenvalue weighted by Crippen LogP contribution is 2.42. The van der Waals surface area contributed by atoms with Gasteiger partial charge in [-0.3, -0.25) is 0 Å². The van der Waals surface area contributed by atoms with E-state index in [1.807, 2.05) is 18.2 Å². The van der Waals surface area contributed by atoms with Crippen LogP contribution in [-0.4, -0.2) is 12.1 Å². The van der Waals surface area contributed by atoms with E-state index in [9.17, 15) is 0 Å². The van der Waals surface area contributed by atoms with Crippen LogP contribution in [0.5, 0.6) is 0 Å². The summed E-state index contributed by atoms with van der Waals surface area (Å²) in [6.07, 6.45) is 4.75. The van der Waals surface area contributed by atoms with E-state index in [4.69, 9.17) is 17.3 Å². The fraction of sp³-hybridized carbons (Fsp3) is 0.600. The second-order valence-electron chi connectivity index (χ2n) is 6.43. The van der Waals surface area contributed by atoms with Crippen molar-refractivity contribution in [3.8, 4) is 0 Å². The Bertz CT molecular complexity index is 461. The van der Waals surface area contributed by atoms with Gasteiger partial charge in [-0.15, -0.1) is 0 Å². The first-order valence-electron chi connectivity index (χ1n) is 6.79. The summed E-state index contributed by atoms with van der Waals surface area (Å²) in [7, 11) is 0. The molecule has 1 aromatic carbocycles. The summed E-state index contributed by atoms with van der Waals surface area (Å²) in [5.41, 5.74) is 7.52. The highest BCUT2D eigenvalue weighted by Gasteiger charge is 2.39. The highest BCUT2D eigenvalue weighted by atomic mass is 79.9. The molecule has 0 radical (unpaired) electrons. The van der Waals surface area contributed by atoms with Gasteiger partial charge in [0.05, 0.1) is 10.6 Å². The molecular weight excluding hydrogens is 324 g/mol. The van der Waals surface area contributed by atoms with Crippen LogP contribution in [0.2, 0.25) is 5.02 Å². The molecule has 0 bridgehead atoms. The number of hydrogen-bond acceptors (Lipinski definition) is 2. The molecule has 1 unspecified atom stereocenters. The van der Waals surface area contributed by atoms with Gasteiger partial charge in [0, 0.05) is 16.7 Å². The molecule has 1 saturated carbocycles. The zero-order chi connectivity index (χ0) is 14.1. The Morgan fingerprint density at radius 1 is 1.37 bits per heavy atom. The summed E-state index contributed by atoms with van der Waals surface area (Å²) in [6, 6.07) is 5.96. The number of nitrogens with two attached hydrogens (primary N) is 1. The first kappa shape index (κ1) is 15.1. The molecule has 1 aromatic rings. The van der Waals surface area contributed by atoms with E-state index in [1.54, 1.807) is 0 Å². The van der Waals surface area contributed by atoms with Crippen molar-refractivity contribution in [1.82, 2.24) is 0 Å². The molecular formula is C15H22BrClN2. The smallest absolute Gasteiger partial charge is 0.0549 e. The van der Waals surface area contributed by atoms with Crippen LogP contribution < -0.4 is 11.1 Å². The minimum Gasteiger partial charge on any atom is -0.378 e. The minimum atomic E-state index is 0.00895. The molecule has 0 aromatic heterocycles. The number of hydrogen-bond donors (Lipinski definition) is 2. The van der Waals surface area contributed by atoms with Crippen molar-refractivity contribution in [3.05, 3.63) is 27.7 Å². The van der Waals surface area contributed by atoms with Crippen molar-refractivity contribution in [2.24, 2.45) is 11.1 Å². The van der Waals surface area contributed by atoms with Gasteiger partial charge in [-0.05, 0) is 58.8 Å². The first-order valence-corrected chi connectivity index (χ1v) is 7.96. The third-order valence-electron chi connectivity index (χ3n) is 4.05. The average molecular weight is 346 g/mol. The SMILES string of the molecule is CC1(C)CCCC(CN)(Nc2ccc(Cl)c(Br)c2)C1. The molecule has 0 spiro atoms. The first-order chi connectivity index (χ1) is 8.86. The van der Waals surface area contributed by atoms with E-state index >= 15 is 0 Å². The lowest BCUT2D eigenvalue weighted by Crippen LogP contribution is -2.51.